The molecule has 5 heteroatoms. The zero-order valence-electron chi connectivity index (χ0n) is 14.2. The van der Waals surface area contributed by atoms with Crippen LogP contribution in [0.2, 0.25) is 0 Å². The van der Waals surface area contributed by atoms with Gasteiger partial charge in [0, 0.05) is 37.1 Å². The van der Waals surface area contributed by atoms with Crippen molar-refractivity contribution in [2.24, 2.45) is 0 Å². The van der Waals surface area contributed by atoms with Gasteiger partial charge in [-0.1, -0.05) is 6.07 Å². The summed E-state index contributed by atoms with van der Waals surface area (Å²) >= 11 is 0. The fourth-order valence-corrected chi connectivity index (χ4v) is 4.05. The van der Waals surface area contributed by atoms with Crippen molar-refractivity contribution in [3.8, 4) is 11.1 Å². The molecule has 0 unspecified atom stereocenters. The number of carboxylic acids is 1. The van der Waals surface area contributed by atoms with E-state index in [-0.39, 0.29) is 5.91 Å². The van der Waals surface area contributed by atoms with E-state index in [1.807, 2.05) is 25.4 Å². The molecule has 0 saturated carbocycles. The fraction of sp³-hybridized carbons (Fsp3) is 0.350. The minimum absolute atomic E-state index is 0.142. The SMILES string of the molecule is CN1C(=O)CCc2cc(-c3cncc4c3CCC[C@H]4C(=O)O)ccc21. The Bertz CT molecular complexity index is 875. The van der Waals surface area contributed by atoms with Crippen LogP contribution in [0.25, 0.3) is 11.1 Å². The maximum atomic E-state index is 11.9. The third-order valence-corrected chi connectivity index (χ3v) is 5.42. The van der Waals surface area contributed by atoms with Crippen LogP contribution in [-0.4, -0.2) is 29.0 Å². The molecule has 0 fully saturated rings. The number of fused-ring (bicyclic) bond motifs is 2. The normalized spacial score (nSPS) is 19.3. The summed E-state index contributed by atoms with van der Waals surface area (Å²) in [6, 6.07) is 6.12. The number of carbonyl (C=O) groups is 2. The number of aliphatic carboxylic acids is 1. The first-order valence-corrected chi connectivity index (χ1v) is 8.65. The number of pyridine rings is 1. The maximum absolute atomic E-state index is 11.9. The van der Waals surface area contributed by atoms with Crippen molar-refractivity contribution >= 4 is 17.6 Å². The van der Waals surface area contributed by atoms with Crippen LogP contribution >= 0.6 is 0 Å². The van der Waals surface area contributed by atoms with Gasteiger partial charge in [-0.3, -0.25) is 14.6 Å². The van der Waals surface area contributed by atoms with Gasteiger partial charge in [0.2, 0.25) is 5.91 Å². The Morgan fingerprint density at radius 3 is 2.88 bits per heavy atom. The smallest absolute Gasteiger partial charge is 0.311 e. The molecule has 1 aliphatic carbocycles. The van der Waals surface area contributed by atoms with Crippen LogP contribution < -0.4 is 4.90 Å². The molecule has 0 saturated heterocycles. The van der Waals surface area contributed by atoms with Crippen molar-refractivity contribution in [3.05, 3.63) is 47.3 Å². The lowest BCUT2D eigenvalue weighted by Crippen LogP contribution is -2.31. The molecule has 0 spiro atoms. The zero-order chi connectivity index (χ0) is 17.6. The lowest BCUT2D eigenvalue weighted by Gasteiger charge is -2.27. The fourth-order valence-electron chi connectivity index (χ4n) is 4.05. The summed E-state index contributed by atoms with van der Waals surface area (Å²) in [6.45, 7) is 0. The van der Waals surface area contributed by atoms with Crippen LogP contribution in [0.15, 0.2) is 30.6 Å². The third-order valence-electron chi connectivity index (χ3n) is 5.42. The van der Waals surface area contributed by atoms with E-state index in [1.165, 1.54) is 0 Å². The van der Waals surface area contributed by atoms with Crippen molar-refractivity contribution in [1.82, 2.24) is 4.98 Å². The van der Waals surface area contributed by atoms with Gasteiger partial charge in [-0.15, -0.1) is 0 Å². The summed E-state index contributed by atoms with van der Waals surface area (Å²) in [4.78, 5) is 29.4. The molecule has 1 amide bonds. The summed E-state index contributed by atoms with van der Waals surface area (Å²) in [5.74, 6) is -1.09. The number of aryl methyl sites for hydroxylation is 1. The lowest BCUT2D eigenvalue weighted by atomic mass is 9.80. The van der Waals surface area contributed by atoms with Gasteiger partial charge in [-0.05, 0) is 60.1 Å². The van der Waals surface area contributed by atoms with E-state index in [9.17, 15) is 14.7 Å². The molecule has 2 aliphatic rings. The zero-order valence-corrected chi connectivity index (χ0v) is 14.2. The van der Waals surface area contributed by atoms with Gasteiger partial charge in [-0.25, -0.2) is 0 Å². The van der Waals surface area contributed by atoms with E-state index in [2.05, 4.69) is 11.1 Å². The Morgan fingerprint density at radius 2 is 2.08 bits per heavy atom. The first kappa shape index (κ1) is 15.8. The molecular weight excluding hydrogens is 316 g/mol. The maximum Gasteiger partial charge on any atom is 0.311 e. The molecule has 128 valence electrons. The van der Waals surface area contributed by atoms with Crippen LogP contribution in [-0.2, 0) is 22.4 Å². The van der Waals surface area contributed by atoms with Gasteiger partial charge >= 0.3 is 5.97 Å². The standard InChI is InChI=1S/C20H20N2O3/c1-22-18-7-5-12(9-13(18)6-8-19(22)23)16-10-21-11-17-14(16)3-2-4-15(17)20(24)25/h5,7,9-11,15H,2-4,6,8H2,1H3,(H,24,25)/t15-/m1/s1. The highest BCUT2D eigenvalue weighted by Gasteiger charge is 2.28. The Balaban J connectivity index is 1.80. The van der Waals surface area contributed by atoms with Crippen LogP contribution in [0.1, 0.15) is 41.9 Å². The van der Waals surface area contributed by atoms with Crippen LogP contribution in [0.4, 0.5) is 5.69 Å². The number of anilines is 1. The highest BCUT2D eigenvalue weighted by molar-refractivity contribution is 5.96. The predicted octanol–water partition coefficient (Wildman–Crippen LogP) is 3.16. The highest BCUT2D eigenvalue weighted by atomic mass is 16.4. The Labute approximate surface area is 146 Å². The molecule has 1 N–H and O–H groups in total. The predicted molar refractivity (Wildman–Crippen MR) is 94.7 cm³/mol. The van der Waals surface area contributed by atoms with E-state index < -0.39 is 11.9 Å². The molecule has 5 nitrogen and oxygen atoms in total. The van der Waals surface area contributed by atoms with Crippen LogP contribution in [0.3, 0.4) is 0 Å². The molecule has 0 bridgehead atoms. The monoisotopic (exact) mass is 336 g/mol. The van der Waals surface area contributed by atoms with Gasteiger partial charge in [0.1, 0.15) is 0 Å². The molecule has 2 aromatic rings. The molecular formula is C20H20N2O3. The van der Waals surface area contributed by atoms with Gasteiger partial charge in [0.15, 0.2) is 0 Å². The first-order chi connectivity index (χ1) is 12.1. The van der Waals surface area contributed by atoms with E-state index in [0.717, 1.165) is 52.8 Å². The molecule has 25 heavy (non-hydrogen) atoms. The molecule has 1 aliphatic heterocycles. The Kier molecular flexibility index (Phi) is 3.79. The average Bonchev–Trinajstić information content (AvgIpc) is 2.63. The molecule has 4 rings (SSSR count). The summed E-state index contributed by atoms with van der Waals surface area (Å²) in [7, 11) is 1.81. The van der Waals surface area contributed by atoms with Crippen molar-refractivity contribution < 1.29 is 14.7 Å². The van der Waals surface area contributed by atoms with E-state index in [4.69, 9.17) is 0 Å². The van der Waals surface area contributed by atoms with Gasteiger partial charge in [0.05, 0.1) is 5.92 Å². The number of nitrogens with zero attached hydrogens (tertiary/aromatic N) is 2. The summed E-state index contributed by atoms with van der Waals surface area (Å²) in [5, 5.41) is 9.49. The number of hydrogen-bond donors (Lipinski definition) is 1. The second-order valence-corrected chi connectivity index (χ2v) is 6.83. The number of carboxylic acid groups (broad SMARTS) is 1. The lowest BCUT2D eigenvalue weighted by molar-refractivity contribution is -0.139. The van der Waals surface area contributed by atoms with Gasteiger partial charge in [0.25, 0.3) is 0 Å². The third kappa shape index (κ3) is 2.60. The van der Waals surface area contributed by atoms with Crippen molar-refractivity contribution in [3.63, 3.8) is 0 Å². The minimum atomic E-state index is -0.773. The minimum Gasteiger partial charge on any atom is -0.481 e. The number of amides is 1. The molecule has 2 heterocycles. The second-order valence-electron chi connectivity index (χ2n) is 6.83. The molecule has 0 radical (unpaired) electrons. The molecule has 1 atom stereocenters. The molecule has 1 aromatic carbocycles. The van der Waals surface area contributed by atoms with E-state index >= 15 is 0 Å². The average molecular weight is 336 g/mol. The largest absolute Gasteiger partial charge is 0.481 e. The number of rotatable bonds is 2. The van der Waals surface area contributed by atoms with Gasteiger partial charge in [-0.2, -0.15) is 0 Å². The van der Waals surface area contributed by atoms with Crippen molar-refractivity contribution in [2.75, 3.05) is 11.9 Å². The topological polar surface area (TPSA) is 70.5 Å². The number of hydrogen-bond acceptors (Lipinski definition) is 3. The van der Waals surface area contributed by atoms with E-state index in [0.29, 0.717) is 12.8 Å². The molecule has 1 aromatic heterocycles. The van der Waals surface area contributed by atoms with E-state index in [1.54, 1.807) is 11.1 Å². The summed E-state index contributed by atoms with van der Waals surface area (Å²) in [6.07, 6.45) is 7.25. The van der Waals surface area contributed by atoms with Crippen LogP contribution in [0.5, 0.6) is 0 Å². The Hall–Kier alpha value is -2.69. The number of aromatic nitrogens is 1. The first-order valence-electron chi connectivity index (χ1n) is 8.65. The number of carbonyl (C=O) groups excluding carboxylic acids is 1. The highest BCUT2D eigenvalue weighted by Crippen LogP contribution is 2.38. The van der Waals surface area contributed by atoms with Crippen LogP contribution in [0, 0.1) is 0 Å². The van der Waals surface area contributed by atoms with Crippen molar-refractivity contribution in [2.45, 2.75) is 38.0 Å². The van der Waals surface area contributed by atoms with Gasteiger partial charge < -0.3 is 10.0 Å². The summed E-state index contributed by atoms with van der Waals surface area (Å²) in [5.41, 5.74) is 6.14. The Morgan fingerprint density at radius 1 is 1.24 bits per heavy atom. The number of benzene rings is 1. The summed E-state index contributed by atoms with van der Waals surface area (Å²) < 4.78 is 0. The quantitative estimate of drug-likeness (QED) is 0.914. The van der Waals surface area contributed by atoms with Crippen molar-refractivity contribution in [1.29, 1.82) is 0 Å². The second kappa shape index (κ2) is 5.99.